The van der Waals surface area contributed by atoms with Crippen LogP contribution in [-0.2, 0) is 25.4 Å². The van der Waals surface area contributed by atoms with E-state index in [1.165, 1.54) is 24.3 Å². The smallest absolute Gasteiger partial charge is 0.347 e. The maximum Gasteiger partial charge on any atom is 0.396 e. The fourth-order valence-electron chi connectivity index (χ4n) is 6.93. The van der Waals surface area contributed by atoms with Crippen LogP contribution in [0.25, 0.3) is 22.3 Å². The van der Waals surface area contributed by atoms with Gasteiger partial charge >= 0.3 is 12.2 Å². The summed E-state index contributed by atoms with van der Waals surface area (Å²) in [5, 5.41) is 0. The van der Waals surface area contributed by atoms with E-state index in [9.17, 15) is 8.78 Å². The second-order valence-electron chi connectivity index (χ2n) is 12.8. The van der Waals surface area contributed by atoms with Gasteiger partial charge in [0.25, 0.3) is 0 Å². The number of hydrogen-bond acceptors (Lipinski definition) is 3. The Kier molecular flexibility index (Phi) is 8.28. The molecule has 0 aliphatic carbocycles. The summed E-state index contributed by atoms with van der Waals surface area (Å²) < 4.78 is 141. The zero-order valence-electron chi connectivity index (χ0n) is 27.3. The van der Waals surface area contributed by atoms with Crippen LogP contribution in [-0.4, -0.2) is 12.2 Å². The topological polar surface area (TPSA) is 34.3 Å². The summed E-state index contributed by atoms with van der Waals surface area (Å²) in [6.07, 6.45) is -13.7. The lowest BCUT2D eigenvalue weighted by atomic mass is 9.88. The number of epoxide rings is 2. The summed E-state index contributed by atoms with van der Waals surface area (Å²) in [6, 6.07) is 33.4. The maximum absolute atomic E-state index is 16.7. The highest BCUT2D eigenvalue weighted by atomic mass is 19.3. The highest BCUT2D eigenvalue weighted by molar-refractivity contribution is 5.65. The minimum atomic E-state index is -5.07. The molecule has 0 radical (unpaired) electrons. The summed E-state index contributed by atoms with van der Waals surface area (Å²) in [6.45, 7) is 0. The molecule has 2 saturated heterocycles. The molecule has 0 bridgehead atoms. The lowest BCUT2D eigenvalue weighted by molar-refractivity contribution is -0.415. The third-order valence-corrected chi connectivity index (χ3v) is 9.66. The average molecular weight is 731 g/mol. The van der Waals surface area contributed by atoms with Gasteiger partial charge in [0.2, 0.25) is 11.2 Å². The molecule has 0 amide bonds. The summed E-state index contributed by atoms with van der Waals surface area (Å²) in [5.41, 5.74) is -5.28. The fraction of sp³-hybridized carbons (Fsp3) is 0.143. The second-order valence-corrected chi connectivity index (χ2v) is 12.8. The van der Waals surface area contributed by atoms with Crippen molar-refractivity contribution in [2.24, 2.45) is 0 Å². The van der Waals surface area contributed by atoms with Gasteiger partial charge in [0.05, 0.1) is 0 Å². The lowest BCUT2D eigenvalue weighted by Gasteiger charge is -2.32. The molecule has 2 aliphatic heterocycles. The predicted molar refractivity (Wildman–Crippen MR) is 178 cm³/mol. The van der Waals surface area contributed by atoms with Gasteiger partial charge in [-0.25, -0.2) is 22.3 Å². The number of hydrogen-bond donors (Lipinski definition) is 0. The van der Waals surface area contributed by atoms with Gasteiger partial charge in [-0.05, 0) is 57.6 Å². The van der Waals surface area contributed by atoms with Crippen molar-refractivity contribution >= 4 is 0 Å². The number of rotatable bonds is 10. The number of ether oxygens (including phenoxy) is 3. The number of halogens is 8. The van der Waals surface area contributed by atoms with Crippen molar-refractivity contribution in [2.75, 3.05) is 0 Å². The van der Waals surface area contributed by atoms with Crippen molar-refractivity contribution < 1.29 is 49.3 Å². The largest absolute Gasteiger partial charge is 0.396 e. The highest BCUT2D eigenvalue weighted by Crippen LogP contribution is 2.70. The first-order chi connectivity index (χ1) is 25.4. The van der Waals surface area contributed by atoms with Gasteiger partial charge in [-0.15, -0.1) is 0 Å². The molecule has 6 aromatic rings. The van der Waals surface area contributed by atoms with Gasteiger partial charge in [0.1, 0.15) is 35.5 Å². The summed E-state index contributed by atoms with van der Waals surface area (Å²) in [7, 11) is 0. The van der Waals surface area contributed by atoms with Crippen LogP contribution in [0.4, 0.5) is 35.1 Å². The van der Waals surface area contributed by atoms with Crippen LogP contribution in [0.3, 0.4) is 0 Å². The van der Waals surface area contributed by atoms with Crippen LogP contribution in [0.1, 0.15) is 34.5 Å². The summed E-state index contributed by atoms with van der Waals surface area (Å²) >= 11 is 0. The zero-order chi connectivity index (χ0) is 37.2. The minimum absolute atomic E-state index is 0.0540. The van der Waals surface area contributed by atoms with Crippen molar-refractivity contribution in [3.05, 3.63) is 191 Å². The van der Waals surface area contributed by atoms with Gasteiger partial charge < -0.3 is 9.47 Å². The molecule has 268 valence electrons. The Hall–Kier alpha value is -5.36. The van der Waals surface area contributed by atoms with Crippen molar-refractivity contribution in [2.45, 2.75) is 35.6 Å². The van der Waals surface area contributed by atoms with E-state index in [0.717, 1.165) is 11.1 Å². The van der Waals surface area contributed by atoms with Gasteiger partial charge in [0.15, 0.2) is 0 Å². The zero-order valence-corrected chi connectivity index (χ0v) is 27.3. The molecule has 2 heterocycles. The van der Waals surface area contributed by atoms with Crippen molar-refractivity contribution in [1.82, 2.24) is 0 Å². The minimum Gasteiger partial charge on any atom is -0.347 e. The van der Waals surface area contributed by atoms with E-state index < -0.39 is 70.0 Å². The number of benzene rings is 6. The molecule has 6 aromatic carbocycles. The molecule has 2 fully saturated rings. The summed E-state index contributed by atoms with van der Waals surface area (Å²) in [5.74, 6) is -5.23. The third kappa shape index (κ3) is 5.80. The molecule has 11 heteroatoms. The SMILES string of the molecule is Fc1ccc(C2(C(F)(F)OC(F)(F)C3(c4ccc(F)cc4F)OC3c3ccc(-c4ccccc4)cc3)OC2c2ccc(-c3ccccc3)cc2)c(F)c1. The second kappa shape index (κ2) is 12.6. The average Bonchev–Trinajstić information content (AvgIpc) is 4.07. The van der Waals surface area contributed by atoms with Gasteiger partial charge in [-0.2, -0.15) is 17.6 Å². The summed E-state index contributed by atoms with van der Waals surface area (Å²) in [4.78, 5) is 0. The van der Waals surface area contributed by atoms with Crippen molar-refractivity contribution in [3.8, 4) is 22.3 Å². The van der Waals surface area contributed by atoms with Crippen LogP contribution in [0.2, 0.25) is 0 Å². The van der Waals surface area contributed by atoms with E-state index >= 15 is 26.3 Å². The van der Waals surface area contributed by atoms with Gasteiger partial charge in [0, 0.05) is 23.3 Å². The Bertz CT molecular complexity index is 2120. The fourth-order valence-corrected chi connectivity index (χ4v) is 6.93. The Morgan fingerprint density at radius 2 is 0.774 bits per heavy atom. The first kappa shape index (κ1) is 34.7. The van der Waals surface area contributed by atoms with Gasteiger partial charge in [-0.3, -0.25) is 0 Å². The van der Waals surface area contributed by atoms with Crippen LogP contribution in [0.15, 0.2) is 146 Å². The lowest BCUT2D eigenvalue weighted by Crippen LogP contribution is -2.49. The quantitative estimate of drug-likeness (QED) is 0.104. The first-order valence-corrected chi connectivity index (χ1v) is 16.4. The third-order valence-electron chi connectivity index (χ3n) is 9.66. The Balaban J connectivity index is 1.18. The molecule has 0 aromatic heterocycles. The maximum atomic E-state index is 16.7. The van der Waals surface area contributed by atoms with Crippen LogP contribution >= 0.6 is 0 Å². The highest BCUT2D eigenvalue weighted by Gasteiger charge is 2.82. The first-order valence-electron chi connectivity index (χ1n) is 16.4. The molecule has 8 rings (SSSR count). The molecule has 3 nitrogen and oxygen atoms in total. The normalized spacial score (nSPS) is 22.4. The van der Waals surface area contributed by atoms with Crippen LogP contribution in [0, 0.1) is 23.3 Å². The molecular weight excluding hydrogens is 704 g/mol. The molecule has 2 aliphatic rings. The molecule has 4 atom stereocenters. The van der Waals surface area contributed by atoms with Crippen molar-refractivity contribution in [3.63, 3.8) is 0 Å². The predicted octanol–water partition coefficient (Wildman–Crippen LogP) is 11.4. The Morgan fingerprint density at radius 1 is 0.434 bits per heavy atom. The molecule has 4 unspecified atom stereocenters. The molecule has 0 spiro atoms. The molecule has 0 N–H and O–H groups in total. The van der Waals surface area contributed by atoms with Crippen LogP contribution < -0.4 is 0 Å². The van der Waals surface area contributed by atoms with E-state index in [0.29, 0.717) is 47.5 Å². The Morgan fingerprint density at radius 3 is 1.11 bits per heavy atom. The molecule has 0 saturated carbocycles. The van der Waals surface area contributed by atoms with E-state index in [2.05, 4.69) is 4.74 Å². The number of alkyl halides is 4. The van der Waals surface area contributed by atoms with Crippen LogP contribution in [0.5, 0.6) is 0 Å². The van der Waals surface area contributed by atoms with E-state index in [1.807, 2.05) is 36.4 Å². The molecular formula is C42H26F8O3. The van der Waals surface area contributed by atoms with E-state index in [4.69, 9.17) is 9.47 Å². The van der Waals surface area contributed by atoms with E-state index in [1.54, 1.807) is 48.5 Å². The van der Waals surface area contributed by atoms with E-state index in [-0.39, 0.29) is 11.1 Å². The Labute approximate surface area is 298 Å². The molecule has 53 heavy (non-hydrogen) atoms. The monoisotopic (exact) mass is 730 g/mol. The standard InChI is InChI=1S/C42H26F8O3/c43-31-19-21-33(35(45)23-31)39(37(51-39)29-15-11-27(12-16-29)25-7-3-1-4-8-25)41(47,48)53-42(49,50)40(34-22-20-32(44)24-36(34)46)38(52-40)30-17-13-28(14-18-30)26-9-5-2-6-10-26/h1-24,37-38H. The van der Waals surface area contributed by atoms with Crippen molar-refractivity contribution in [1.29, 1.82) is 0 Å². The van der Waals surface area contributed by atoms with Gasteiger partial charge in [-0.1, -0.05) is 109 Å².